The van der Waals surface area contributed by atoms with Gasteiger partial charge in [-0.25, -0.2) is 0 Å². The van der Waals surface area contributed by atoms with Crippen LogP contribution in [0.5, 0.6) is 0 Å². The summed E-state index contributed by atoms with van der Waals surface area (Å²) in [4.78, 5) is 14.4. The van der Waals surface area contributed by atoms with Crippen LogP contribution in [0.4, 0.5) is 18.9 Å². The number of carbonyl (C=O) groups excluding carboxylic acids is 1. The number of allylic oxidation sites excluding steroid dienone is 2. The first-order valence-electron chi connectivity index (χ1n) is 7.89. The third kappa shape index (κ3) is 2.92. The summed E-state index contributed by atoms with van der Waals surface area (Å²) in [6.45, 7) is 2.58. The fourth-order valence-corrected chi connectivity index (χ4v) is 3.44. The van der Waals surface area contributed by atoms with Gasteiger partial charge in [0.2, 0.25) is 0 Å². The smallest absolute Gasteiger partial charge is 0.347 e. The summed E-state index contributed by atoms with van der Waals surface area (Å²) in [5, 5.41) is 0. The number of carbonyl (C=O) groups is 1. The Hall–Kier alpha value is -2.24. The van der Waals surface area contributed by atoms with E-state index in [0.29, 0.717) is 18.5 Å². The minimum Gasteiger partial charge on any atom is -0.347 e. The number of alkyl halides is 3. The standard InChI is InChI=1S/C18H19F3N2O/c1-12-7-8-14(16(12)22(2)17(24)18(19,20)21)11-23-10-9-13-5-3-4-6-15(13)23/h3-6,11H,7-10H2,1-2H3/b14-11+. The summed E-state index contributed by atoms with van der Waals surface area (Å²) < 4.78 is 38.3. The molecule has 3 nitrogen and oxygen atoms in total. The SMILES string of the molecule is CC1=C(N(C)C(=O)C(F)(F)F)/C(=C/N2CCc3ccccc32)CC1. The maximum atomic E-state index is 12.8. The van der Waals surface area contributed by atoms with Gasteiger partial charge in [-0.05, 0) is 49.0 Å². The van der Waals surface area contributed by atoms with Crippen molar-refractivity contribution in [3.63, 3.8) is 0 Å². The van der Waals surface area contributed by atoms with E-state index in [0.717, 1.165) is 34.7 Å². The van der Waals surface area contributed by atoms with Crippen LogP contribution < -0.4 is 4.90 Å². The average Bonchev–Trinajstić information content (AvgIpc) is 3.10. The number of hydrogen-bond donors (Lipinski definition) is 0. The van der Waals surface area contributed by atoms with E-state index < -0.39 is 12.1 Å². The molecule has 0 radical (unpaired) electrons. The van der Waals surface area contributed by atoms with Crippen molar-refractivity contribution in [3.8, 4) is 0 Å². The molecule has 6 heteroatoms. The highest BCUT2D eigenvalue weighted by atomic mass is 19.4. The van der Waals surface area contributed by atoms with Crippen molar-refractivity contribution in [3.05, 3.63) is 52.9 Å². The first-order chi connectivity index (χ1) is 11.3. The molecule has 1 amide bonds. The molecule has 128 valence electrons. The molecule has 0 bridgehead atoms. The number of para-hydroxylation sites is 1. The van der Waals surface area contributed by atoms with E-state index in [1.165, 1.54) is 12.6 Å². The topological polar surface area (TPSA) is 23.6 Å². The van der Waals surface area contributed by atoms with Gasteiger partial charge in [-0.1, -0.05) is 18.2 Å². The zero-order chi connectivity index (χ0) is 17.5. The Labute approximate surface area is 139 Å². The summed E-state index contributed by atoms with van der Waals surface area (Å²) in [7, 11) is 1.20. The summed E-state index contributed by atoms with van der Waals surface area (Å²) in [6, 6.07) is 8.00. The Kier molecular flexibility index (Phi) is 4.15. The van der Waals surface area contributed by atoms with Crippen molar-refractivity contribution in [2.45, 2.75) is 32.4 Å². The van der Waals surface area contributed by atoms with Crippen LogP contribution in [0.1, 0.15) is 25.3 Å². The third-order valence-corrected chi connectivity index (χ3v) is 4.60. The number of benzene rings is 1. The lowest BCUT2D eigenvalue weighted by atomic mass is 10.1. The molecular formula is C18H19F3N2O. The number of likely N-dealkylation sites (N-methyl/N-ethyl adjacent to an activating group) is 1. The zero-order valence-corrected chi connectivity index (χ0v) is 13.7. The van der Waals surface area contributed by atoms with Crippen molar-refractivity contribution in [2.24, 2.45) is 0 Å². The van der Waals surface area contributed by atoms with Crippen molar-refractivity contribution in [1.82, 2.24) is 4.90 Å². The highest BCUT2D eigenvalue weighted by molar-refractivity contribution is 5.84. The molecule has 1 aliphatic heterocycles. The molecule has 0 unspecified atom stereocenters. The Morgan fingerprint density at radius 3 is 2.62 bits per heavy atom. The van der Waals surface area contributed by atoms with E-state index in [-0.39, 0.29) is 0 Å². The largest absolute Gasteiger partial charge is 0.471 e. The highest BCUT2D eigenvalue weighted by Crippen LogP contribution is 2.37. The molecule has 1 aromatic rings. The summed E-state index contributed by atoms with van der Waals surface area (Å²) >= 11 is 0. The van der Waals surface area contributed by atoms with Gasteiger partial charge in [0.15, 0.2) is 0 Å². The Morgan fingerprint density at radius 1 is 1.21 bits per heavy atom. The number of amides is 1. The minimum atomic E-state index is -4.87. The number of nitrogens with zero attached hydrogens (tertiary/aromatic N) is 2. The molecule has 24 heavy (non-hydrogen) atoms. The van der Waals surface area contributed by atoms with Gasteiger partial charge in [0.05, 0.1) is 0 Å². The normalized spacial score (nSPS) is 19.2. The van der Waals surface area contributed by atoms with E-state index >= 15 is 0 Å². The maximum absolute atomic E-state index is 12.8. The lowest BCUT2D eigenvalue weighted by molar-refractivity contribution is -0.182. The molecule has 0 atom stereocenters. The fraction of sp³-hybridized carbons (Fsp3) is 0.389. The third-order valence-electron chi connectivity index (χ3n) is 4.60. The molecule has 0 spiro atoms. The number of fused-ring (bicyclic) bond motifs is 1. The first kappa shape index (κ1) is 16.6. The molecule has 3 rings (SSSR count). The van der Waals surface area contributed by atoms with Gasteiger partial charge in [0, 0.05) is 31.2 Å². The van der Waals surface area contributed by atoms with E-state index in [4.69, 9.17) is 0 Å². The maximum Gasteiger partial charge on any atom is 0.471 e. The van der Waals surface area contributed by atoms with Crippen LogP contribution in [0.15, 0.2) is 47.3 Å². The van der Waals surface area contributed by atoms with E-state index in [2.05, 4.69) is 11.0 Å². The molecular weight excluding hydrogens is 317 g/mol. The molecule has 0 fully saturated rings. The van der Waals surface area contributed by atoms with Gasteiger partial charge in [-0.15, -0.1) is 0 Å². The summed E-state index contributed by atoms with van der Waals surface area (Å²) in [6.07, 6.45) is -0.732. The molecule has 2 aliphatic rings. The van der Waals surface area contributed by atoms with Gasteiger partial charge >= 0.3 is 12.1 Å². The van der Waals surface area contributed by atoms with Gasteiger partial charge in [-0.2, -0.15) is 13.2 Å². The van der Waals surface area contributed by atoms with Crippen LogP contribution in [-0.2, 0) is 11.2 Å². The molecule has 0 saturated heterocycles. The summed E-state index contributed by atoms with van der Waals surface area (Å²) in [5.74, 6) is -1.83. The van der Waals surface area contributed by atoms with E-state index in [9.17, 15) is 18.0 Å². The summed E-state index contributed by atoms with van der Waals surface area (Å²) in [5.41, 5.74) is 4.31. The molecule has 1 heterocycles. The van der Waals surface area contributed by atoms with Gasteiger partial charge in [0.1, 0.15) is 0 Å². The Morgan fingerprint density at radius 2 is 1.92 bits per heavy atom. The second-order valence-corrected chi connectivity index (χ2v) is 6.22. The molecule has 1 aromatic carbocycles. The lowest BCUT2D eigenvalue weighted by Crippen LogP contribution is -2.38. The number of rotatable bonds is 2. The van der Waals surface area contributed by atoms with Crippen molar-refractivity contribution in [1.29, 1.82) is 0 Å². The predicted molar refractivity (Wildman–Crippen MR) is 86.3 cm³/mol. The fourth-order valence-electron chi connectivity index (χ4n) is 3.44. The molecule has 0 saturated carbocycles. The van der Waals surface area contributed by atoms with Crippen molar-refractivity contribution >= 4 is 11.6 Å². The van der Waals surface area contributed by atoms with Gasteiger partial charge in [-0.3, -0.25) is 4.79 Å². The second kappa shape index (κ2) is 6.00. The number of halogens is 3. The van der Waals surface area contributed by atoms with Gasteiger partial charge in [0.25, 0.3) is 0 Å². The van der Waals surface area contributed by atoms with Gasteiger partial charge < -0.3 is 9.80 Å². The Balaban J connectivity index is 1.90. The second-order valence-electron chi connectivity index (χ2n) is 6.22. The lowest BCUT2D eigenvalue weighted by Gasteiger charge is -2.24. The van der Waals surface area contributed by atoms with Crippen LogP contribution in [0.3, 0.4) is 0 Å². The van der Waals surface area contributed by atoms with Crippen LogP contribution in [0, 0.1) is 0 Å². The van der Waals surface area contributed by atoms with Crippen LogP contribution in [0.25, 0.3) is 0 Å². The van der Waals surface area contributed by atoms with Crippen LogP contribution >= 0.6 is 0 Å². The number of anilines is 1. The zero-order valence-electron chi connectivity index (χ0n) is 13.7. The van der Waals surface area contributed by atoms with Crippen molar-refractivity contribution < 1.29 is 18.0 Å². The molecule has 0 N–H and O–H groups in total. The highest BCUT2D eigenvalue weighted by Gasteiger charge is 2.43. The van der Waals surface area contributed by atoms with Crippen LogP contribution in [-0.4, -0.2) is 30.6 Å². The molecule has 1 aliphatic carbocycles. The van der Waals surface area contributed by atoms with E-state index in [1.807, 2.05) is 24.4 Å². The average molecular weight is 336 g/mol. The first-order valence-corrected chi connectivity index (χ1v) is 7.89. The molecule has 0 aromatic heterocycles. The number of hydrogen-bond acceptors (Lipinski definition) is 2. The predicted octanol–water partition coefficient (Wildman–Crippen LogP) is 4.02. The minimum absolute atomic E-state index is 0.404. The quantitative estimate of drug-likeness (QED) is 0.814. The van der Waals surface area contributed by atoms with Crippen molar-refractivity contribution in [2.75, 3.05) is 18.5 Å². The van der Waals surface area contributed by atoms with Crippen LogP contribution in [0.2, 0.25) is 0 Å². The van der Waals surface area contributed by atoms with E-state index in [1.54, 1.807) is 6.92 Å². The Bertz CT molecular complexity index is 734. The monoisotopic (exact) mass is 336 g/mol.